The van der Waals surface area contributed by atoms with E-state index in [1.165, 1.54) is 21.2 Å². The number of quaternary nitrogens is 1. The smallest absolute Gasteiger partial charge is 0.285 e. The number of morpholine rings is 1. The summed E-state index contributed by atoms with van der Waals surface area (Å²) in [4.78, 5) is 6.21. The van der Waals surface area contributed by atoms with E-state index in [-0.39, 0.29) is 17.0 Å². The van der Waals surface area contributed by atoms with Crippen molar-refractivity contribution in [1.29, 1.82) is 0 Å². The molecule has 0 aliphatic carbocycles. The van der Waals surface area contributed by atoms with E-state index in [0.29, 0.717) is 0 Å². The maximum absolute atomic E-state index is 5.38. The van der Waals surface area contributed by atoms with Gasteiger partial charge in [-0.15, -0.1) is 0 Å². The second-order valence-electron chi connectivity index (χ2n) is 4.62. The normalized spacial score (nSPS) is 16.1. The highest BCUT2D eigenvalue weighted by atomic mass is 79.9. The molecule has 0 bridgehead atoms. The molecule has 0 atom stereocenters. The molecule has 0 radical (unpaired) electrons. The molecule has 102 valence electrons. The number of halogens is 1. The fraction of sp³-hybridized carbons (Fsp3) is 0.357. The molecule has 1 aliphatic heterocycles. The molecular formula is C14H17BrN2OS. The van der Waals surface area contributed by atoms with Crippen LogP contribution in [0.4, 0.5) is 5.13 Å². The van der Waals surface area contributed by atoms with Gasteiger partial charge < -0.3 is 21.7 Å². The predicted molar refractivity (Wildman–Crippen MR) is 73.5 cm³/mol. The van der Waals surface area contributed by atoms with Crippen molar-refractivity contribution in [2.45, 2.75) is 6.92 Å². The average Bonchev–Trinajstić information content (AvgIpc) is 2.90. The first-order valence-corrected chi connectivity index (χ1v) is 7.16. The fourth-order valence-electron chi connectivity index (χ4n) is 2.12. The Morgan fingerprint density at radius 2 is 1.84 bits per heavy atom. The standard InChI is InChI=1S/C14H16N2OS.BrH/c1-11-2-4-12(5-3-11)13-10-18-14(15-13)16-6-8-17-9-7-16;/h2-5,10H,6-9H2,1H3;1H. The molecule has 0 unspecified atom stereocenters. The van der Waals surface area contributed by atoms with Crippen molar-refractivity contribution >= 4 is 16.5 Å². The molecule has 0 saturated carbocycles. The van der Waals surface area contributed by atoms with E-state index in [1.807, 2.05) is 0 Å². The number of ether oxygens (including phenoxy) is 1. The van der Waals surface area contributed by atoms with Crippen molar-refractivity contribution in [3.8, 4) is 11.3 Å². The van der Waals surface area contributed by atoms with Crippen molar-refractivity contribution in [3.05, 3.63) is 35.2 Å². The molecule has 2 aromatic rings. The molecule has 1 aliphatic rings. The number of thiazole rings is 1. The first-order chi connectivity index (χ1) is 8.83. The van der Waals surface area contributed by atoms with E-state index in [4.69, 9.17) is 9.72 Å². The van der Waals surface area contributed by atoms with Crippen LogP contribution in [0.1, 0.15) is 5.56 Å². The van der Waals surface area contributed by atoms with Gasteiger partial charge in [0, 0.05) is 10.9 Å². The number of hydrogen-bond acceptors (Lipinski definition) is 3. The zero-order valence-corrected chi connectivity index (χ0v) is 13.3. The van der Waals surface area contributed by atoms with Crippen LogP contribution < -0.4 is 21.9 Å². The molecule has 1 fully saturated rings. The van der Waals surface area contributed by atoms with Gasteiger partial charge >= 0.3 is 0 Å². The second kappa shape index (κ2) is 6.61. The third kappa shape index (κ3) is 3.42. The highest BCUT2D eigenvalue weighted by molar-refractivity contribution is 7.13. The van der Waals surface area contributed by atoms with Gasteiger partial charge in [-0.3, -0.25) is 4.90 Å². The van der Waals surface area contributed by atoms with Crippen molar-refractivity contribution in [3.63, 3.8) is 0 Å². The lowest BCUT2D eigenvalue weighted by Crippen LogP contribution is -3.09. The summed E-state index contributed by atoms with van der Waals surface area (Å²) in [6.07, 6.45) is 0. The topological polar surface area (TPSA) is 26.6 Å². The maximum atomic E-state index is 5.38. The number of aryl methyl sites for hydroxylation is 1. The summed E-state index contributed by atoms with van der Waals surface area (Å²) < 4.78 is 5.38. The lowest BCUT2D eigenvalue weighted by molar-refractivity contribution is -0.841. The Hall–Kier alpha value is -0.750. The van der Waals surface area contributed by atoms with Crippen LogP contribution >= 0.6 is 11.3 Å². The number of hydrogen-bond donors (Lipinski definition) is 1. The molecule has 1 aromatic carbocycles. The minimum atomic E-state index is 0. The fourth-order valence-corrected chi connectivity index (χ4v) is 3.06. The number of benzene rings is 1. The van der Waals surface area contributed by atoms with Crippen LogP contribution in [0.5, 0.6) is 0 Å². The molecule has 1 saturated heterocycles. The molecule has 0 spiro atoms. The Morgan fingerprint density at radius 3 is 2.53 bits per heavy atom. The summed E-state index contributed by atoms with van der Waals surface area (Å²) in [6.45, 7) is 5.85. The van der Waals surface area contributed by atoms with Crippen LogP contribution in [-0.4, -0.2) is 31.3 Å². The minimum absolute atomic E-state index is 0. The van der Waals surface area contributed by atoms with Gasteiger partial charge in [0.2, 0.25) is 0 Å². The molecular weight excluding hydrogens is 324 g/mol. The van der Waals surface area contributed by atoms with E-state index < -0.39 is 0 Å². The summed E-state index contributed by atoms with van der Waals surface area (Å²) in [7, 11) is 0. The SMILES string of the molecule is Cc1ccc(-c2csc([NH+]3CCOCC3)n2)cc1.[Br-]. The summed E-state index contributed by atoms with van der Waals surface area (Å²) in [5.41, 5.74) is 3.58. The van der Waals surface area contributed by atoms with Crippen molar-refractivity contribution < 1.29 is 26.6 Å². The number of nitrogens with zero attached hydrogens (tertiary/aromatic N) is 1. The van der Waals surface area contributed by atoms with Gasteiger partial charge in [0.1, 0.15) is 13.1 Å². The summed E-state index contributed by atoms with van der Waals surface area (Å²) >= 11 is 1.75. The van der Waals surface area contributed by atoms with Gasteiger partial charge in [0.25, 0.3) is 5.13 Å². The van der Waals surface area contributed by atoms with Gasteiger partial charge in [-0.25, -0.2) is 0 Å². The molecule has 19 heavy (non-hydrogen) atoms. The minimum Gasteiger partial charge on any atom is -1.00 e. The van der Waals surface area contributed by atoms with Crippen molar-refractivity contribution in [2.24, 2.45) is 0 Å². The lowest BCUT2D eigenvalue weighted by Gasteiger charge is -2.20. The zero-order chi connectivity index (χ0) is 12.4. The number of nitrogens with one attached hydrogen (secondary N) is 1. The monoisotopic (exact) mass is 340 g/mol. The van der Waals surface area contributed by atoms with Crippen LogP contribution in [0, 0.1) is 6.92 Å². The molecule has 3 rings (SSSR count). The molecule has 1 N–H and O–H groups in total. The molecule has 1 aromatic heterocycles. The largest absolute Gasteiger partial charge is 1.00 e. The van der Waals surface area contributed by atoms with Crippen LogP contribution in [0.25, 0.3) is 11.3 Å². The third-order valence-electron chi connectivity index (χ3n) is 3.25. The molecule has 0 amide bonds. The highest BCUT2D eigenvalue weighted by Gasteiger charge is 2.20. The molecule has 5 heteroatoms. The van der Waals surface area contributed by atoms with Gasteiger partial charge in [0.05, 0.1) is 18.9 Å². The highest BCUT2D eigenvalue weighted by Crippen LogP contribution is 2.23. The summed E-state index contributed by atoms with van der Waals surface area (Å²) in [5, 5.41) is 3.34. The van der Waals surface area contributed by atoms with E-state index in [1.54, 1.807) is 11.3 Å². The first-order valence-electron chi connectivity index (χ1n) is 6.28. The Morgan fingerprint density at radius 1 is 1.16 bits per heavy atom. The van der Waals surface area contributed by atoms with Gasteiger partial charge in [-0.1, -0.05) is 41.2 Å². The Kier molecular flexibility index (Phi) is 5.10. The van der Waals surface area contributed by atoms with Crippen LogP contribution in [0.3, 0.4) is 0 Å². The second-order valence-corrected chi connectivity index (χ2v) is 5.48. The van der Waals surface area contributed by atoms with Crippen molar-refractivity contribution in [2.75, 3.05) is 26.3 Å². The van der Waals surface area contributed by atoms with E-state index in [2.05, 4.69) is 36.6 Å². The summed E-state index contributed by atoms with van der Waals surface area (Å²) in [6, 6.07) is 8.55. The Labute approximate surface area is 128 Å². The van der Waals surface area contributed by atoms with Gasteiger partial charge in [0.15, 0.2) is 0 Å². The van der Waals surface area contributed by atoms with Crippen LogP contribution in [0.2, 0.25) is 0 Å². The van der Waals surface area contributed by atoms with Crippen LogP contribution in [-0.2, 0) is 4.74 Å². The van der Waals surface area contributed by atoms with E-state index >= 15 is 0 Å². The van der Waals surface area contributed by atoms with Crippen molar-refractivity contribution in [1.82, 2.24) is 4.98 Å². The zero-order valence-electron chi connectivity index (χ0n) is 10.9. The third-order valence-corrected chi connectivity index (χ3v) is 4.19. The predicted octanol–water partition coefficient (Wildman–Crippen LogP) is -1.33. The Balaban J connectivity index is 0.00000133. The van der Waals surface area contributed by atoms with Gasteiger partial charge in [-0.05, 0) is 6.92 Å². The molecule has 3 nitrogen and oxygen atoms in total. The number of aromatic nitrogens is 1. The average molecular weight is 341 g/mol. The lowest BCUT2D eigenvalue weighted by atomic mass is 10.1. The summed E-state index contributed by atoms with van der Waals surface area (Å²) in [5.74, 6) is 0. The first kappa shape index (κ1) is 14.7. The van der Waals surface area contributed by atoms with Crippen LogP contribution in [0.15, 0.2) is 29.6 Å². The Bertz CT molecular complexity index is 520. The van der Waals surface area contributed by atoms with Gasteiger partial charge in [-0.2, -0.15) is 4.98 Å². The van der Waals surface area contributed by atoms with E-state index in [0.717, 1.165) is 32.0 Å². The quantitative estimate of drug-likeness (QED) is 0.733. The van der Waals surface area contributed by atoms with E-state index in [9.17, 15) is 0 Å². The maximum Gasteiger partial charge on any atom is 0.285 e. The molecule has 2 heterocycles. The number of rotatable bonds is 2.